The van der Waals surface area contributed by atoms with Crippen molar-refractivity contribution in [3.8, 4) is 0 Å². The van der Waals surface area contributed by atoms with Crippen LogP contribution in [-0.4, -0.2) is 43.7 Å². The van der Waals surface area contributed by atoms with Crippen LogP contribution in [0.4, 0.5) is 0 Å². The first kappa shape index (κ1) is 7.69. The minimum atomic E-state index is 0.583. The van der Waals surface area contributed by atoms with E-state index in [9.17, 15) is 4.79 Å². The molecule has 3 heteroatoms. The van der Waals surface area contributed by atoms with Crippen LogP contribution < -0.4 is 0 Å². The van der Waals surface area contributed by atoms with Crippen LogP contribution in [0, 0.1) is 0 Å². The van der Waals surface area contributed by atoms with Crippen molar-refractivity contribution in [3.63, 3.8) is 0 Å². The molecule has 0 aromatic heterocycles. The second-order valence-corrected chi connectivity index (χ2v) is 2.70. The monoisotopic (exact) mass is 144 g/mol. The van der Waals surface area contributed by atoms with Gasteiger partial charge >= 0.3 is 6.41 Å². The van der Waals surface area contributed by atoms with Crippen molar-refractivity contribution < 1.29 is 14.0 Å². The summed E-state index contributed by atoms with van der Waals surface area (Å²) in [5.74, 6) is 0. The predicted octanol–water partition coefficient (Wildman–Crippen LogP) is 0.00970. The van der Waals surface area contributed by atoms with Gasteiger partial charge in [0.05, 0.1) is 19.8 Å². The highest BCUT2D eigenvalue weighted by atomic mass is 16.5. The molecular weight excluding hydrogens is 130 g/mol. The Morgan fingerprint density at radius 2 is 2.10 bits per heavy atom. The van der Waals surface area contributed by atoms with E-state index in [1.807, 2.05) is 6.92 Å². The summed E-state index contributed by atoms with van der Waals surface area (Å²) in [5, 5.41) is 0. The van der Waals surface area contributed by atoms with E-state index in [0.717, 1.165) is 39.3 Å². The van der Waals surface area contributed by atoms with Crippen molar-refractivity contribution in [2.24, 2.45) is 0 Å². The zero-order valence-corrected chi connectivity index (χ0v) is 6.38. The molecule has 0 spiro atoms. The molecule has 0 bridgehead atoms. The zero-order chi connectivity index (χ0) is 7.45. The van der Waals surface area contributed by atoms with Gasteiger partial charge in [0.15, 0.2) is 0 Å². The van der Waals surface area contributed by atoms with Crippen molar-refractivity contribution in [1.82, 2.24) is 0 Å². The fourth-order valence-electron chi connectivity index (χ4n) is 1.20. The van der Waals surface area contributed by atoms with Gasteiger partial charge in [-0.1, -0.05) is 0 Å². The molecule has 58 valence electrons. The quantitative estimate of drug-likeness (QED) is 0.403. The van der Waals surface area contributed by atoms with Crippen molar-refractivity contribution in [3.05, 3.63) is 0 Å². The van der Waals surface area contributed by atoms with Crippen LogP contribution in [0.5, 0.6) is 0 Å². The van der Waals surface area contributed by atoms with E-state index < -0.39 is 0 Å². The Morgan fingerprint density at radius 1 is 1.50 bits per heavy atom. The largest absolute Gasteiger partial charge is 0.370 e. The van der Waals surface area contributed by atoms with Gasteiger partial charge in [-0.15, -0.1) is 0 Å². The van der Waals surface area contributed by atoms with Crippen LogP contribution in [0.15, 0.2) is 0 Å². The van der Waals surface area contributed by atoms with Crippen molar-refractivity contribution in [2.45, 2.75) is 6.92 Å². The summed E-state index contributed by atoms with van der Waals surface area (Å²) in [6, 6.07) is 0. The van der Waals surface area contributed by atoms with Gasteiger partial charge in [-0.05, 0) is 6.92 Å². The SMILES string of the molecule is CC[N+]1(C=O)CCOCC1. The first-order valence-corrected chi connectivity index (χ1v) is 3.73. The van der Waals surface area contributed by atoms with Crippen LogP contribution in [0.3, 0.4) is 0 Å². The summed E-state index contributed by atoms with van der Waals surface area (Å²) in [7, 11) is 0. The smallest absolute Gasteiger partial charge is 0.301 e. The van der Waals surface area contributed by atoms with E-state index in [0.29, 0.717) is 4.48 Å². The molecule has 1 rings (SSSR count). The second kappa shape index (κ2) is 3.12. The maximum absolute atomic E-state index is 10.6. The number of rotatable bonds is 2. The van der Waals surface area contributed by atoms with Crippen molar-refractivity contribution in [2.75, 3.05) is 32.8 Å². The number of nitrogens with zero attached hydrogens (tertiary/aromatic N) is 1. The average molecular weight is 144 g/mol. The fraction of sp³-hybridized carbons (Fsp3) is 0.857. The van der Waals surface area contributed by atoms with Crippen LogP contribution in [-0.2, 0) is 9.53 Å². The summed E-state index contributed by atoms with van der Waals surface area (Å²) >= 11 is 0. The van der Waals surface area contributed by atoms with Crippen molar-refractivity contribution >= 4 is 6.41 Å². The van der Waals surface area contributed by atoms with Crippen LogP contribution in [0.25, 0.3) is 0 Å². The molecule has 0 saturated carbocycles. The van der Waals surface area contributed by atoms with Crippen molar-refractivity contribution in [1.29, 1.82) is 0 Å². The van der Waals surface area contributed by atoms with E-state index >= 15 is 0 Å². The van der Waals surface area contributed by atoms with Gasteiger partial charge in [0.25, 0.3) is 0 Å². The molecule has 1 aliphatic rings. The first-order valence-electron chi connectivity index (χ1n) is 3.73. The zero-order valence-electron chi connectivity index (χ0n) is 6.38. The molecule has 0 N–H and O–H groups in total. The van der Waals surface area contributed by atoms with Gasteiger partial charge in [-0.2, -0.15) is 0 Å². The Bertz CT molecular complexity index is 119. The lowest BCUT2D eigenvalue weighted by Crippen LogP contribution is -2.53. The Morgan fingerprint density at radius 3 is 2.40 bits per heavy atom. The molecule has 1 saturated heterocycles. The molecule has 3 nitrogen and oxygen atoms in total. The number of carbonyl (C=O) groups is 1. The Labute approximate surface area is 61.2 Å². The summed E-state index contributed by atoms with van der Waals surface area (Å²) < 4.78 is 5.74. The van der Waals surface area contributed by atoms with E-state index in [2.05, 4.69) is 0 Å². The predicted molar refractivity (Wildman–Crippen MR) is 37.4 cm³/mol. The van der Waals surface area contributed by atoms with Gasteiger partial charge in [-0.25, -0.2) is 4.79 Å². The minimum absolute atomic E-state index is 0.583. The normalized spacial score (nSPS) is 24.1. The van der Waals surface area contributed by atoms with E-state index in [1.54, 1.807) is 0 Å². The van der Waals surface area contributed by atoms with E-state index in [1.165, 1.54) is 0 Å². The highest BCUT2D eigenvalue weighted by Crippen LogP contribution is 2.06. The number of ether oxygens (including phenoxy) is 1. The number of morpholine rings is 1. The molecule has 10 heavy (non-hydrogen) atoms. The van der Waals surface area contributed by atoms with Gasteiger partial charge in [0.1, 0.15) is 13.1 Å². The molecule has 0 aromatic carbocycles. The number of amides is 1. The van der Waals surface area contributed by atoms with E-state index in [4.69, 9.17) is 4.74 Å². The standard InChI is InChI=1S/C7H14NO2/c1-2-8(7-9)3-5-10-6-4-8/h7H,2-6H2,1H3/q+1. The summed E-state index contributed by atoms with van der Waals surface area (Å²) in [5.41, 5.74) is 0. The van der Waals surface area contributed by atoms with Gasteiger partial charge in [-0.3, -0.25) is 4.48 Å². The molecule has 1 aliphatic heterocycles. The third-order valence-corrected chi connectivity index (χ3v) is 2.22. The summed E-state index contributed by atoms with van der Waals surface area (Å²) in [4.78, 5) is 10.6. The molecule has 0 aromatic rings. The second-order valence-electron chi connectivity index (χ2n) is 2.70. The third-order valence-electron chi connectivity index (χ3n) is 2.22. The molecule has 0 aliphatic carbocycles. The lowest BCUT2D eigenvalue weighted by Gasteiger charge is -2.33. The molecule has 0 unspecified atom stereocenters. The molecule has 1 amide bonds. The number of hydrogen-bond donors (Lipinski definition) is 0. The van der Waals surface area contributed by atoms with Crippen LogP contribution in [0.1, 0.15) is 6.92 Å². The topological polar surface area (TPSA) is 26.3 Å². The molecule has 0 radical (unpaired) electrons. The highest BCUT2D eigenvalue weighted by molar-refractivity contribution is 5.37. The number of likely N-dealkylation sites (N-methyl/N-ethyl adjacent to an activating group) is 1. The fourth-order valence-corrected chi connectivity index (χ4v) is 1.20. The van der Waals surface area contributed by atoms with Crippen LogP contribution in [0.2, 0.25) is 0 Å². The van der Waals surface area contributed by atoms with E-state index in [-0.39, 0.29) is 0 Å². The molecule has 0 atom stereocenters. The number of hydrogen-bond acceptors (Lipinski definition) is 2. The highest BCUT2D eigenvalue weighted by Gasteiger charge is 2.27. The maximum Gasteiger partial charge on any atom is 0.301 e. The third kappa shape index (κ3) is 1.36. The first-order chi connectivity index (χ1) is 4.83. The Hall–Kier alpha value is -0.410. The molecule has 1 fully saturated rings. The van der Waals surface area contributed by atoms with Crippen LogP contribution >= 0.6 is 0 Å². The Kier molecular flexibility index (Phi) is 2.40. The number of quaternary nitrogens is 1. The van der Waals surface area contributed by atoms with Gasteiger partial charge in [0.2, 0.25) is 0 Å². The van der Waals surface area contributed by atoms with Gasteiger partial charge in [0, 0.05) is 0 Å². The minimum Gasteiger partial charge on any atom is -0.370 e. The molecule has 1 heterocycles. The summed E-state index contributed by atoms with van der Waals surface area (Å²) in [6.07, 6.45) is 1.04. The maximum atomic E-state index is 10.6. The number of carbonyl (C=O) groups excluding carboxylic acids is 1. The van der Waals surface area contributed by atoms with Gasteiger partial charge < -0.3 is 4.74 Å². The summed E-state index contributed by atoms with van der Waals surface area (Å²) in [6.45, 7) is 6.09. The molecular formula is C7H14NO2+. The Balaban J connectivity index is 2.52. The lowest BCUT2D eigenvalue weighted by atomic mass is 10.3. The average Bonchev–Trinajstić information content (AvgIpc) is 2.06. The lowest BCUT2D eigenvalue weighted by molar-refractivity contribution is -0.852.